The topological polar surface area (TPSA) is 81.0 Å². The molecule has 1 amide bonds. The number of amides is 1. The van der Waals surface area contributed by atoms with Gasteiger partial charge in [-0.2, -0.15) is 9.30 Å². The van der Waals surface area contributed by atoms with Crippen LogP contribution in [-0.4, -0.2) is 48.5 Å². The number of rotatable bonds is 5. The third-order valence-corrected chi connectivity index (χ3v) is 8.62. The van der Waals surface area contributed by atoms with Crippen molar-refractivity contribution >= 4 is 49.1 Å². The van der Waals surface area contributed by atoms with Crippen molar-refractivity contribution in [2.45, 2.75) is 50.8 Å². The SMILES string of the molecule is CCCn1c(=NC(=O)c2ccc(S(=O)(=O)N3CC(C)OC(C)C3)cc2)sc2cccc(Cl)c21. The van der Waals surface area contributed by atoms with Crippen molar-refractivity contribution < 1.29 is 17.9 Å². The summed E-state index contributed by atoms with van der Waals surface area (Å²) in [7, 11) is -3.67. The number of thiazole rings is 1. The molecule has 1 aromatic heterocycles. The van der Waals surface area contributed by atoms with Crippen LogP contribution in [0.3, 0.4) is 0 Å². The van der Waals surface area contributed by atoms with Crippen molar-refractivity contribution in [3.63, 3.8) is 0 Å². The summed E-state index contributed by atoms with van der Waals surface area (Å²) in [5, 5.41) is 0.618. The lowest BCUT2D eigenvalue weighted by Gasteiger charge is -2.34. The van der Waals surface area contributed by atoms with Crippen LogP contribution in [0.5, 0.6) is 0 Å². The highest BCUT2D eigenvalue weighted by Crippen LogP contribution is 2.26. The fourth-order valence-corrected chi connectivity index (χ4v) is 7.00. The number of hydrogen-bond acceptors (Lipinski definition) is 5. The zero-order chi connectivity index (χ0) is 23.8. The zero-order valence-electron chi connectivity index (χ0n) is 18.7. The molecule has 0 aliphatic carbocycles. The Kier molecular flexibility index (Phi) is 7.07. The molecule has 3 aromatic rings. The van der Waals surface area contributed by atoms with Crippen molar-refractivity contribution in [1.82, 2.24) is 8.87 Å². The minimum atomic E-state index is -3.67. The number of halogens is 1. The summed E-state index contributed by atoms with van der Waals surface area (Å²) in [6.07, 6.45) is 0.518. The van der Waals surface area contributed by atoms with Crippen LogP contribution >= 0.6 is 22.9 Å². The molecule has 0 N–H and O–H groups in total. The number of ether oxygens (including phenoxy) is 1. The van der Waals surface area contributed by atoms with E-state index < -0.39 is 15.9 Å². The third kappa shape index (κ3) is 4.93. The number of nitrogens with zero attached hydrogens (tertiary/aromatic N) is 3. The molecule has 2 unspecified atom stereocenters. The van der Waals surface area contributed by atoms with Crippen molar-refractivity contribution in [3.8, 4) is 0 Å². The Morgan fingerprint density at radius 2 is 1.82 bits per heavy atom. The van der Waals surface area contributed by atoms with Gasteiger partial charge in [-0.15, -0.1) is 0 Å². The highest BCUT2D eigenvalue weighted by atomic mass is 35.5. The summed E-state index contributed by atoms with van der Waals surface area (Å²) in [5.41, 5.74) is 1.19. The molecule has 0 bridgehead atoms. The van der Waals surface area contributed by atoms with Crippen molar-refractivity contribution in [1.29, 1.82) is 0 Å². The standard InChI is InChI=1S/C23H26ClN3O4S2/c1-4-12-27-21-19(24)6-5-7-20(21)32-23(27)25-22(28)17-8-10-18(11-9-17)33(29,30)26-13-15(2)31-16(3)14-26/h5-11,15-16H,4,12-14H2,1-3H3. The van der Waals surface area contributed by atoms with E-state index in [0.717, 1.165) is 16.6 Å². The van der Waals surface area contributed by atoms with E-state index in [2.05, 4.69) is 4.99 Å². The van der Waals surface area contributed by atoms with Gasteiger partial charge in [0.1, 0.15) is 0 Å². The number of carbonyl (C=O) groups is 1. The predicted molar refractivity (Wildman–Crippen MR) is 130 cm³/mol. The Morgan fingerprint density at radius 1 is 1.15 bits per heavy atom. The molecule has 4 rings (SSSR count). The molecule has 2 heterocycles. The monoisotopic (exact) mass is 507 g/mol. The predicted octanol–water partition coefficient (Wildman–Crippen LogP) is 4.31. The van der Waals surface area contributed by atoms with E-state index in [0.29, 0.717) is 35.0 Å². The largest absolute Gasteiger partial charge is 0.373 e. The van der Waals surface area contributed by atoms with Crippen LogP contribution in [0.1, 0.15) is 37.6 Å². The smallest absolute Gasteiger partial charge is 0.279 e. The van der Waals surface area contributed by atoms with Crippen LogP contribution in [-0.2, 0) is 21.3 Å². The average Bonchev–Trinajstić information content (AvgIpc) is 3.11. The fourth-order valence-electron chi connectivity index (χ4n) is 4.00. The number of hydrogen-bond donors (Lipinski definition) is 0. The maximum atomic E-state index is 13.0. The van der Waals surface area contributed by atoms with Crippen LogP contribution in [0.15, 0.2) is 52.4 Å². The molecular formula is C23H26ClN3O4S2. The average molecular weight is 508 g/mol. The Morgan fingerprint density at radius 3 is 2.45 bits per heavy atom. The first-order chi connectivity index (χ1) is 15.7. The Bertz CT molecular complexity index is 1340. The normalized spacial score (nSPS) is 20.4. The van der Waals surface area contributed by atoms with Gasteiger partial charge in [-0.25, -0.2) is 8.42 Å². The number of aromatic nitrogens is 1. The van der Waals surface area contributed by atoms with E-state index in [9.17, 15) is 13.2 Å². The number of sulfonamides is 1. The third-order valence-electron chi connectivity index (χ3n) is 5.42. The van der Waals surface area contributed by atoms with Gasteiger partial charge in [0.05, 0.1) is 32.3 Å². The quantitative estimate of drug-likeness (QED) is 0.515. The van der Waals surface area contributed by atoms with Crippen LogP contribution in [0, 0.1) is 0 Å². The number of benzene rings is 2. The molecule has 2 aromatic carbocycles. The van der Waals surface area contributed by atoms with Gasteiger partial charge in [0.25, 0.3) is 5.91 Å². The minimum Gasteiger partial charge on any atom is -0.373 e. The molecule has 0 radical (unpaired) electrons. The first kappa shape index (κ1) is 24.1. The van der Waals surface area contributed by atoms with Gasteiger partial charge in [0, 0.05) is 25.2 Å². The lowest BCUT2D eigenvalue weighted by Crippen LogP contribution is -2.48. The van der Waals surface area contributed by atoms with Crippen LogP contribution in [0.25, 0.3) is 10.2 Å². The highest BCUT2D eigenvalue weighted by molar-refractivity contribution is 7.89. The van der Waals surface area contributed by atoms with Crippen molar-refractivity contribution in [2.24, 2.45) is 4.99 Å². The van der Waals surface area contributed by atoms with Gasteiger partial charge in [-0.3, -0.25) is 4.79 Å². The second kappa shape index (κ2) is 9.68. The number of para-hydroxylation sites is 1. The lowest BCUT2D eigenvalue weighted by molar-refractivity contribution is -0.0440. The molecule has 1 aliphatic heterocycles. The second-order valence-corrected chi connectivity index (χ2v) is 11.5. The molecule has 10 heteroatoms. The van der Waals surface area contributed by atoms with Crippen molar-refractivity contribution in [3.05, 3.63) is 57.9 Å². The van der Waals surface area contributed by atoms with Crippen molar-refractivity contribution in [2.75, 3.05) is 13.1 Å². The summed E-state index contributed by atoms with van der Waals surface area (Å²) in [6.45, 7) is 7.04. The molecule has 1 fully saturated rings. The zero-order valence-corrected chi connectivity index (χ0v) is 21.1. The summed E-state index contributed by atoms with van der Waals surface area (Å²) < 4.78 is 36.1. The van der Waals surface area contributed by atoms with Crippen LogP contribution in [0.2, 0.25) is 5.02 Å². The Hall–Kier alpha value is -2.04. The summed E-state index contributed by atoms with van der Waals surface area (Å²) in [4.78, 5) is 17.9. The van der Waals surface area contributed by atoms with Crippen LogP contribution < -0.4 is 4.80 Å². The molecule has 176 valence electrons. The first-order valence-corrected chi connectivity index (χ1v) is 13.5. The van der Waals surface area contributed by atoms with E-state index in [1.165, 1.54) is 39.9 Å². The molecule has 2 atom stereocenters. The van der Waals surface area contributed by atoms with Crippen LogP contribution in [0.4, 0.5) is 0 Å². The molecule has 7 nitrogen and oxygen atoms in total. The van der Waals surface area contributed by atoms with Gasteiger partial charge >= 0.3 is 0 Å². The van der Waals surface area contributed by atoms with Gasteiger partial charge in [-0.05, 0) is 56.7 Å². The molecule has 33 heavy (non-hydrogen) atoms. The van der Waals surface area contributed by atoms with E-state index in [1.54, 1.807) is 0 Å². The van der Waals surface area contributed by atoms with Gasteiger partial charge < -0.3 is 9.30 Å². The first-order valence-electron chi connectivity index (χ1n) is 10.8. The number of morpholine rings is 1. The maximum Gasteiger partial charge on any atom is 0.279 e. The fraction of sp³-hybridized carbons (Fsp3) is 0.391. The Balaban J connectivity index is 1.64. The molecule has 1 saturated heterocycles. The molecular weight excluding hydrogens is 482 g/mol. The van der Waals surface area contributed by atoms with E-state index in [1.807, 2.05) is 43.5 Å². The minimum absolute atomic E-state index is 0.148. The van der Waals surface area contributed by atoms with Gasteiger partial charge in [-0.1, -0.05) is 35.9 Å². The second-order valence-electron chi connectivity index (χ2n) is 8.14. The number of aryl methyl sites for hydroxylation is 1. The maximum absolute atomic E-state index is 13.0. The summed E-state index contributed by atoms with van der Waals surface area (Å²) in [5.74, 6) is -0.430. The highest BCUT2D eigenvalue weighted by Gasteiger charge is 2.32. The van der Waals surface area contributed by atoms with E-state index in [-0.39, 0.29) is 17.1 Å². The molecule has 0 saturated carbocycles. The molecule has 0 spiro atoms. The lowest BCUT2D eigenvalue weighted by atomic mass is 10.2. The van der Waals surface area contributed by atoms with Gasteiger partial charge in [0.2, 0.25) is 10.0 Å². The summed E-state index contributed by atoms with van der Waals surface area (Å²) >= 11 is 7.80. The summed E-state index contributed by atoms with van der Waals surface area (Å²) in [6, 6.07) is 11.6. The van der Waals surface area contributed by atoms with E-state index in [4.69, 9.17) is 16.3 Å². The van der Waals surface area contributed by atoms with Gasteiger partial charge in [0.15, 0.2) is 4.80 Å². The number of fused-ring (bicyclic) bond motifs is 1. The van der Waals surface area contributed by atoms with E-state index >= 15 is 0 Å². The molecule has 1 aliphatic rings. The number of carbonyl (C=O) groups excluding carboxylic acids is 1. The Labute approximate surface area is 202 Å².